The molecule has 2 unspecified atom stereocenters. The molecular formula is C13H19NO3. The summed E-state index contributed by atoms with van der Waals surface area (Å²) in [5.74, 6) is 3.29. The Bertz CT molecular complexity index is 359. The van der Waals surface area contributed by atoms with Crippen LogP contribution in [0.2, 0.25) is 0 Å². The summed E-state index contributed by atoms with van der Waals surface area (Å²) in [4.78, 5) is 0. The van der Waals surface area contributed by atoms with Gasteiger partial charge in [-0.15, -0.1) is 0 Å². The summed E-state index contributed by atoms with van der Waals surface area (Å²) in [7, 11) is 3.25. The van der Waals surface area contributed by atoms with Crippen molar-refractivity contribution in [2.24, 2.45) is 17.6 Å². The van der Waals surface area contributed by atoms with Crippen molar-refractivity contribution < 1.29 is 14.2 Å². The van der Waals surface area contributed by atoms with Gasteiger partial charge < -0.3 is 19.9 Å². The smallest absolute Gasteiger partial charge is 0.203 e. The van der Waals surface area contributed by atoms with Gasteiger partial charge in [0.15, 0.2) is 11.5 Å². The predicted octanol–water partition coefficient (Wildman–Crippen LogP) is 1.68. The predicted molar refractivity (Wildman–Crippen MR) is 65.7 cm³/mol. The lowest BCUT2D eigenvalue weighted by atomic mass is 10.3. The molecule has 17 heavy (non-hydrogen) atoms. The zero-order valence-electron chi connectivity index (χ0n) is 10.3. The highest BCUT2D eigenvalue weighted by atomic mass is 16.5. The average molecular weight is 237 g/mol. The Morgan fingerprint density at radius 1 is 1.18 bits per heavy atom. The second-order valence-electron chi connectivity index (χ2n) is 4.29. The Kier molecular flexibility index (Phi) is 3.74. The molecule has 1 aromatic rings. The van der Waals surface area contributed by atoms with Crippen molar-refractivity contribution in [3.8, 4) is 17.2 Å². The van der Waals surface area contributed by atoms with Crippen molar-refractivity contribution in [2.45, 2.75) is 6.42 Å². The van der Waals surface area contributed by atoms with E-state index in [9.17, 15) is 0 Å². The molecule has 0 heterocycles. The van der Waals surface area contributed by atoms with E-state index in [-0.39, 0.29) is 0 Å². The molecule has 0 saturated heterocycles. The molecule has 0 aromatic heterocycles. The molecule has 2 atom stereocenters. The van der Waals surface area contributed by atoms with E-state index in [4.69, 9.17) is 19.9 Å². The molecule has 1 aromatic carbocycles. The lowest BCUT2D eigenvalue weighted by Crippen LogP contribution is -2.08. The lowest BCUT2D eigenvalue weighted by Gasteiger charge is -2.13. The topological polar surface area (TPSA) is 53.7 Å². The Morgan fingerprint density at radius 2 is 1.82 bits per heavy atom. The van der Waals surface area contributed by atoms with E-state index in [2.05, 4.69) is 0 Å². The van der Waals surface area contributed by atoms with E-state index in [1.165, 1.54) is 0 Å². The summed E-state index contributed by atoms with van der Waals surface area (Å²) in [6, 6.07) is 5.61. The van der Waals surface area contributed by atoms with Gasteiger partial charge in [0.2, 0.25) is 5.75 Å². The maximum Gasteiger partial charge on any atom is 0.203 e. The molecule has 0 aliphatic heterocycles. The van der Waals surface area contributed by atoms with Gasteiger partial charge in [-0.1, -0.05) is 6.07 Å². The van der Waals surface area contributed by atoms with Gasteiger partial charge in [0.25, 0.3) is 0 Å². The molecule has 1 aliphatic rings. The number of nitrogens with two attached hydrogens (primary N) is 1. The largest absolute Gasteiger partial charge is 0.493 e. The summed E-state index contributed by atoms with van der Waals surface area (Å²) in [5, 5.41) is 0. The Morgan fingerprint density at radius 3 is 2.29 bits per heavy atom. The van der Waals surface area contributed by atoms with Crippen LogP contribution in [-0.2, 0) is 0 Å². The quantitative estimate of drug-likeness (QED) is 0.817. The monoisotopic (exact) mass is 237 g/mol. The van der Waals surface area contributed by atoms with Crippen molar-refractivity contribution in [2.75, 3.05) is 27.4 Å². The van der Waals surface area contributed by atoms with Crippen LogP contribution in [0.4, 0.5) is 0 Å². The van der Waals surface area contributed by atoms with Gasteiger partial charge in [-0.05, 0) is 36.9 Å². The molecule has 4 nitrogen and oxygen atoms in total. The van der Waals surface area contributed by atoms with Crippen LogP contribution in [0.1, 0.15) is 6.42 Å². The molecule has 94 valence electrons. The first kappa shape index (κ1) is 12.0. The molecule has 2 N–H and O–H groups in total. The highest BCUT2D eigenvalue weighted by Gasteiger charge is 2.36. The van der Waals surface area contributed by atoms with E-state index >= 15 is 0 Å². The van der Waals surface area contributed by atoms with Gasteiger partial charge in [-0.3, -0.25) is 0 Å². The number of methoxy groups -OCH3 is 2. The van der Waals surface area contributed by atoms with Crippen LogP contribution in [-0.4, -0.2) is 27.4 Å². The normalized spacial score (nSPS) is 22.1. The Balaban J connectivity index is 2.03. The fourth-order valence-electron chi connectivity index (χ4n) is 1.95. The number of rotatable bonds is 6. The molecule has 0 bridgehead atoms. The van der Waals surface area contributed by atoms with E-state index in [1.54, 1.807) is 14.2 Å². The van der Waals surface area contributed by atoms with Gasteiger partial charge in [0.1, 0.15) is 0 Å². The first-order valence-corrected chi connectivity index (χ1v) is 5.84. The molecule has 0 radical (unpaired) electrons. The number of hydrogen-bond donors (Lipinski definition) is 1. The van der Waals surface area contributed by atoms with Crippen LogP contribution in [0, 0.1) is 11.8 Å². The van der Waals surface area contributed by atoms with Crippen molar-refractivity contribution >= 4 is 0 Å². The lowest BCUT2D eigenvalue weighted by molar-refractivity contribution is 0.258. The third kappa shape index (κ3) is 2.64. The van der Waals surface area contributed by atoms with Crippen LogP contribution in [0.3, 0.4) is 0 Å². The highest BCUT2D eigenvalue weighted by molar-refractivity contribution is 5.51. The fraction of sp³-hybridized carbons (Fsp3) is 0.538. The van der Waals surface area contributed by atoms with Crippen LogP contribution in [0.15, 0.2) is 18.2 Å². The average Bonchev–Trinajstić information content (AvgIpc) is 3.14. The SMILES string of the molecule is COc1cccc(OC)c1OCC1CC1CN. The minimum atomic E-state index is 0.578. The van der Waals surface area contributed by atoms with Crippen LogP contribution in [0.5, 0.6) is 17.2 Å². The summed E-state index contributed by atoms with van der Waals surface area (Å²) in [6.45, 7) is 1.43. The maximum atomic E-state index is 5.80. The fourth-order valence-corrected chi connectivity index (χ4v) is 1.95. The first-order valence-electron chi connectivity index (χ1n) is 5.84. The number of hydrogen-bond acceptors (Lipinski definition) is 4. The van der Waals surface area contributed by atoms with Crippen LogP contribution < -0.4 is 19.9 Å². The molecular weight excluding hydrogens is 218 g/mol. The van der Waals surface area contributed by atoms with Crippen LogP contribution in [0.25, 0.3) is 0 Å². The van der Waals surface area contributed by atoms with Gasteiger partial charge in [-0.2, -0.15) is 0 Å². The number of benzene rings is 1. The van der Waals surface area contributed by atoms with Crippen LogP contribution >= 0.6 is 0 Å². The molecule has 1 saturated carbocycles. The first-order chi connectivity index (χ1) is 8.30. The van der Waals surface area contributed by atoms with E-state index in [0.717, 1.165) is 13.0 Å². The van der Waals surface area contributed by atoms with Gasteiger partial charge in [-0.25, -0.2) is 0 Å². The molecule has 1 fully saturated rings. The van der Waals surface area contributed by atoms with Gasteiger partial charge in [0, 0.05) is 0 Å². The number of ether oxygens (including phenoxy) is 3. The zero-order valence-corrected chi connectivity index (χ0v) is 10.3. The molecule has 0 spiro atoms. The third-order valence-corrected chi connectivity index (χ3v) is 3.20. The van der Waals surface area contributed by atoms with Crippen molar-refractivity contribution in [3.05, 3.63) is 18.2 Å². The second-order valence-corrected chi connectivity index (χ2v) is 4.29. The maximum absolute atomic E-state index is 5.80. The minimum absolute atomic E-state index is 0.578. The van der Waals surface area contributed by atoms with Gasteiger partial charge in [0.05, 0.1) is 20.8 Å². The van der Waals surface area contributed by atoms with Crippen molar-refractivity contribution in [1.29, 1.82) is 0 Å². The number of para-hydroxylation sites is 1. The van der Waals surface area contributed by atoms with Crippen molar-refractivity contribution in [3.63, 3.8) is 0 Å². The molecule has 4 heteroatoms. The van der Waals surface area contributed by atoms with E-state index in [0.29, 0.717) is 35.7 Å². The Hall–Kier alpha value is -1.42. The third-order valence-electron chi connectivity index (χ3n) is 3.20. The van der Waals surface area contributed by atoms with E-state index < -0.39 is 0 Å². The highest BCUT2D eigenvalue weighted by Crippen LogP contribution is 2.41. The zero-order chi connectivity index (χ0) is 12.3. The second kappa shape index (κ2) is 5.27. The molecule has 1 aliphatic carbocycles. The minimum Gasteiger partial charge on any atom is -0.493 e. The standard InChI is InChI=1S/C13H19NO3/c1-15-11-4-3-5-12(16-2)13(11)17-8-10-6-9(10)7-14/h3-5,9-10H,6-8,14H2,1-2H3. The molecule has 0 amide bonds. The molecule has 2 rings (SSSR count). The Labute approximate surface area is 102 Å². The summed E-state index contributed by atoms with van der Waals surface area (Å²) in [6.07, 6.45) is 1.16. The summed E-state index contributed by atoms with van der Waals surface area (Å²) >= 11 is 0. The summed E-state index contributed by atoms with van der Waals surface area (Å²) in [5.41, 5.74) is 5.60. The van der Waals surface area contributed by atoms with Gasteiger partial charge >= 0.3 is 0 Å². The van der Waals surface area contributed by atoms with Crippen molar-refractivity contribution in [1.82, 2.24) is 0 Å². The summed E-state index contributed by atoms with van der Waals surface area (Å²) < 4.78 is 16.3. The van der Waals surface area contributed by atoms with E-state index in [1.807, 2.05) is 18.2 Å².